The van der Waals surface area contributed by atoms with Gasteiger partial charge in [-0.15, -0.1) is 11.8 Å². The maximum Gasteiger partial charge on any atom is 0.224 e. The van der Waals surface area contributed by atoms with Crippen molar-refractivity contribution < 1.29 is 9.53 Å². The predicted octanol–water partition coefficient (Wildman–Crippen LogP) is 3.91. The molecule has 5 heteroatoms. The summed E-state index contributed by atoms with van der Waals surface area (Å²) in [6.07, 6.45) is 4.74. The van der Waals surface area contributed by atoms with Crippen molar-refractivity contribution in [2.75, 3.05) is 18.2 Å². The number of benzene rings is 1. The Kier molecular flexibility index (Phi) is 6.27. The van der Waals surface area contributed by atoms with Gasteiger partial charge in [0.2, 0.25) is 5.91 Å². The fourth-order valence-corrected chi connectivity index (χ4v) is 2.29. The third-order valence-electron chi connectivity index (χ3n) is 3.04. The summed E-state index contributed by atoms with van der Waals surface area (Å²) in [6.45, 7) is 2.55. The first-order valence-corrected chi connectivity index (χ1v) is 8.39. The normalized spacial score (nSPS) is 10.3. The summed E-state index contributed by atoms with van der Waals surface area (Å²) in [4.78, 5) is 16.1. The van der Waals surface area contributed by atoms with Gasteiger partial charge in [0, 0.05) is 6.42 Å². The maximum atomic E-state index is 11.8. The highest BCUT2D eigenvalue weighted by atomic mass is 32.2. The molecule has 4 nitrogen and oxygen atoms in total. The first-order valence-electron chi connectivity index (χ1n) is 7.17. The number of nitrogens with one attached hydrogen (secondary N) is 1. The van der Waals surface area contributed by atoms with E-state index in [1.54, 1.807) is 18.0 Å². The van der Waals surface area contributed by atoms with Crippen LogP contribution >= 0.6 is 11.8 Å². The number of carbonyl (C=O) groups excluding carboxylic acids is 1. The number of rotatable bonds is 7. The monoisotopic (exact) mass is 316 g/mol. The summed E-state index contributed by atoms with van der Waals surface area (Å²) >= 11 is 1.57. The molecule has 0 fully saturated rings. The molecule has 0 aliphatic heterocycles. The first-order chi connectivity index (χ1) is 10.7. The largest absolute Gasteiger partial charge is 0.494 e. The zero-order valence-corrected chi connectivity index (χ0v) is 13.7. The van der Waals surface area contributed by atoms with Crippen LogP contribution in [0.1, 0.15) is 18.4 Å². The van der Waals surface area contributed by atoms with Crippen LogP contribution in [0.25, 0.3) is 0 Å². The number of thioether (sulfide) groups is 1. The van der Waals surface area contributed by atoms with E-state index in [0.29, 0.717) is 19.4 Å². The molecule has 0 radical (unpaired) electrons. The van der Waals surface area contributed by atoms with E-state index >= 15 is 0 Å². The molecule has 1 N–H and O–H groups in total. The molecule has 22 heavy (non-hydrogen) atoms. The van der Waals surface area contributed by atoms with Gasteiger partial charge in [0.25, 0.3) is 0 Å². The van der Waals surface area contributed by atoms with Crippen LogP contribution in [0, 0.1) is 6.92 Å². The van der Waals surface area contributed by atoms with E-state index in [0.717, 1.165) is 22.0 Å². The van der Waals surface area contributed by atoms with Crippen molar-refractivity contribution in [2.45, 2.75) is 24.8 Å². The topological polar surface area (TPSA) is 51.2 Å². The Morgan fingerprint density at radius 1 is 1.32 bits per heavy atom. The number of amides is 1. The Hall–Kier alpha value is -2.01. The summed E-state index contributed by atoms with van der Waals surface area (Å²) in [5.41, 5.74) is 1.89. The van der Waals surface area contributed by atoms with E-state index in [4.69, 9.17) is 4.74 Å². The van der Waals surface area contributed by atoms with Crippen molar-refractivity contribution in [3.05, 3.63) is 48.2 Å². The molecule has 1 aromatic heterocycles. The lowest BCUT2D eigenvalue weighted by atomic mass is 10.2. The lowest BCUT2D eigenvalue weighted by molar-refractivity contribution is -0.116. The highest BCUT2D eigenvalue weighted by Gasteiger charge is 2.03. The second-order valence-corrected chi connectivity index (χ2v) is 5.73. The maximum absolute atomic E-state index is 11.8. The Labute approximate surface area is 135 Å². The number of hydrogen-bond acceptors (Lipinski definition) is 4. The molecule has 2 rings (SSSR count). The molecule has 2 aromatic rings. The van der Waals surface area contributed by atoms with E-state index in [2.05, 4.69) is 10.3 Å². The van der Waals surface area contributed by atoms with Crippen LogP contribution in [0.3, 0.4) is 0 Å². The Bertz CT molecular complexity index is 614. The number of hydrogen-bond donors (Lipinski definition) is 1. The van der Waals surface area contributed by atoms with E-state index in [-0.39, 0.29) is 5.91 Å². The van der Waals surface area contributed by atoms with Crippen molar-refractivity contribution in [1.82, 2.24) is 4.98 Å². The molecular formula is C17H20N2O2S. The van der Waals surface area contributed by atoms with E-state index < -0.39 is 0 Å². The van der Waals surface area contributed by atoms with Crippen molar-refractivity contribution >= 4 is 23.4 Å². The van der Waals surface area contributed by atoms with Gasteiger partial charge in [0.15, 0.2) is 0 Å². The summed E-state index contributed by atoms with van der Waals surface area (Å²) < 4.78 is 5.62. The second kappa shape index (κ2) is 8.44. The molecule has 1 amide bonds. The van der Waals surface area contributed by atoms with Crippen molar-refractivity contribution in [3.8, 4) is 5.75 Å². The third kappa shape index (κ3) is 5.41. The standard InChI is InChI=1S/C17H20N2O2S/c1-13-5-3-6-15(11-13)21-10-4-7-16(20)19-14-8-9-17(22-2)18-12-14/h3,5-6,8-9,11-12H,4,7,10H2,1-2H3,(H,19,20). The van der Waals surface area contributed by atoms with E-state index in [1.165, 1.54) is 0 Å². The first kappa shape index (κ1) is 16.4. The van der Waals surface area contributed by atoms with Crippen molar-refractivity contribution in [3.63, 3.8) is 0 Å². The summed E-state index contributed by atoms with van der Waals surface area (Å²) in [7, 11) is 0. The SMILES string of the molecule is CSc1ccc(NC(=O)CCCOc2cccc(C)c2)cn1. The molecule has 116 valence electrons. The Morgan fingerprint density at radius 3 is 2.86 bits per heavy atom. The van der Waals surface area contributed by atoms with Gasteiger partial charge >= 0.3 is 0 Å². The van der Waals surface area contributed by atoms with Crippen LogP contribution < -0.4 is 10.1 Å². The minimum atomic E-state index is -0.0217. The Morgan fingerprint density at radius 2 is 2.18 bits per heavy atom. The van der Waals surface area contributed by atoms with Crippen LogP contribution in [-0.4, -0.2) is 23.8 Å². The molecule has 0 saturated carbocycles. The van der Waals surface area contributed by atoms with Gasteiger partial charge in [-0.25, -0.2) is 4.98 Å². The highest BCUT2D eigenvalue weighted by Crippen LogP contribution is 2.15. The molecule has 0 atom stereocenters. The average Bonchev–Trinajstić information content (AvgIpc) is 2.52. The number of nitrogens with zero attached hydrogens (tertiary/aromatic N) is 1. The number of anilines is 1. The van der Waals surface area contributed by atoms with E-state index in [1.807, 2.05) is 49.6 Å². The van der Waals surface area contributed by atoms with Gasteiger partial charge in [-0.05, 0) is 49.4 Å². The van der Waals surface area contributed by atoms with Crippen LogP contribution in [0.2, 0.25) is 0 Å². The molecule has 0 unspecified atom stereocenters. The van der Waals surface area contributed by atoms with Gasteiger partial charge in [0.05, 0.1) is 23.5 Å². The quantitative estimate of drug-likeness (QED) is 0.621. The number of carbonyl (C=O) groups is 1. The van der Waals surface area contributed by atoms with Crippen LogP contribution in [0.15, 0.2) is 47.6 Å². The van der Waals surface area contributed by atoms with Gasteiger partial charge in [0.1, 0.15) is 5.75 Å². The summed E-state index contributed by atoms with van der Waals surface area (Å²) in [6, 6.07) is 11.6. The number of ether oxygens (including phenoxy) is 1. The average molecular weight is 316 g/mol. The third-order valence-corrected chi connectivity index (χ3v) is 3.70. The second-order valence-electron chi connectivity index (χ2n) is 4.91. The zero-order valence-electron chi connectivity index (χ0n) is 12.8. The molecule has 0 spiro atoms. The van der Waals surface area contributed by atoms with Gasteiger partial charge < -0.3 is 10.1 Å². The molecule has 0 aliphatic rings. The molecule has 0 saturated heterocycles. The van der Waals surface area contributed by atoms with Crippen molar-refractivity contribution in [2.24, 2.45) is 0 Å². The zero-order chi connectivity index (χ0) is 15.8. The smallest absolute Gasteiger partial charge is 0.224 e. The fourth-order valence-electron chi connectivity index (χ4n) is 1.93. The van der Waals surface area contributed by atoms with Crippen LogP contribution in [-0.2, 0) is 4.79 Å². The van der Waals surface area contributed by atoms with E-state index in [9.17, 15) is 4.79 Å². The molecule has 0 aliphatic carbocycles. The fraction of sp³-hybridized carbons (Fsp3) is 0.294. The lowest BCUT2D eigenvalue weighted by Crippen LogP contribution is -2.13. The molecule has 0 bridgehead atoms. The van der Waals surface area contributed by atoms with Gasteiger partial charge in [-0.2, -0.15) is 0 Å². The minimum absolute atomic E-state index is 0.0217. The van der Waals surface area contributed by atoms with Gasteiger partial charge in [-0.3, -0.25) is 4.79 Å². The molecular weight excluding hydrogens is 296 g/mol. The summed E-state index contributed by atoms with van der Waals surface area (Å²) in [5, 5.41) is 3.77. The summed E-state index contributed by atoms with van der Waals surface area (Å²) in [5.74, 6) is 0.823. The minimum Gasteiger partial charge on any atom is -0.494 e. The molecule has 1 heterocycles. The molecule has 1 aromatic carbocycles. The van der Waals surface area contributed by atoms with Crippen LogP contribution in [0.5, 0.6) is 5.75 Å². The van der Waals surface area contributed by atoms with Gasteiger partial charge in [-0.1, -0.05) is 12.1 Å². The van der Waals surface area contributed by atoms with Crippen LogP contribution in [0.4, 0.5) is 5.69 Å². The van der Waals surface area contributed by atoms with Crippen molar-refractivity contribution in [1.29, 1.82) is 0 Å². The Balaban J connectivity index is 1.69. The highest BCUT2D eigenvalue weighted by molar-refractivity contribution is 7.98. The number of pyridine rings is 1. The predicted molar refractivity (Wildman–Crippen MR) is 90.6 cm³/mol. The number of aromatic nitrogens is 1. The number of aryl methyl sites for hydroxylation is 1. The lowest BCUT2D eigenvalue weighted by Gasteiger charge is -2.07.